The van der Waals surface area contributed by atoms with E-state index in [9.17, 15) is 9.18 Å². The van der Waals surface area contributed by atoms with Gasteiger partial charge in [0.15, 0.2) is 5.13 Å². The summed E-state index contributed by atoms with van der Waals surface area (Å²) in [5.41, 5.74) is 0.684. The summed E-state index contributed by atoms with van der Waals surface area (Å²) in [5.74, 6) is -0.470. The second kappa shape index (κ2) is 4.47. The number of amides is 1. The van der Waals surface area contributed by atoms with Gasteiger partial charge in [0.2, 0.25) is 5.91 Å². The number of hydrogen-bond acceptors (Lipinski definition) is 3. The number of nitrogens with zero attached hydrogens (tertiary/aromatic N) is 1. The van der Waals surface area contributed by atoms with Gasteiger partial charge in [-0.05, 0) is 25.1 Å². The Morgan fingerprint density at radius 3 is 3.06 bits per heavy atom. The van der Waals surface area contributed by atoms with Crippen molar-refractivity contribution < 1.29 is 9.18 Å². The number of hydrogen-bond donors (Lipinski definition) is 1. The second-order valence-corrected chi connectivity index (χ2v) is 5.64. The molecule has 84 valence electrons. The topological polar surface area (TPSA) is 42.0 Å². The number of thiazole rings is 1. The number of fused-ring (bicyclic) bond motifs is 1. The Labute approximate surface area is 104 Å². The summed E-state index contributed by atoms with van der Waals surface area (Å²) in [5, 5.41) is 3.13. The summed E-state index contributed by atoms with van der Waals surface area (Å²) in [4.78, 5) is 15.3. The molecule has 16 heavy (non-hydrogen) atoms. The first-order valence-corrected chi connectivity index (χ1v) is 6.30. The van der Waals surface area contributed by atoms with Crippen LogP contribution in [0.5, 0.6) is 0 Å². The molecule has 2 rings (SSSR count). The highest BCUT2D eigenvalue weighted by molar-refractivity contribution is 9.10. The minimum absolute atomic E-state index is 0.167. The van der Waals surface area contributed by atoms with Gasteiger partial charge >= 0.3 is 0 Å². The zero-order chi connectivity index (χ0) is 11.7. The molecule has 0 spiro atoms. The van der Waals surface area contributed by atoms with Crippen molar-refractivity contribution in [1.82, 2.24) is 4.98 Å². The Bertz CT molecular complexity index is 541. The smallest absolute Gasteiger partial charge is 0.239 e. The number of rotatable bonds is 2. The Hall–Kier alpha value is -1.01. The van der Waals surface area contributed by atoms with Crippen LogP contribution in [0.2, 0.25) is 0 Å². The predicted octanol–water partition coefficient (Wildman–Crippen LogP) is 3.16. The summed E-state index contributed by atoms with van der Waals surface area (Å²) >= 11 is 4.41. The molecule has 1 unspecified atom stereocenters. The van der Waals surface area contributed by atoms with Gasteiger partial charge in [0.1, 0.15) is 5.82 Å². The zero-order valence-corrected chi connectivity index (χ0v) is 10.7. The molecular weight excluding hydrogens is 295 g/mol. The monoisotopic (exact) mass is 302 g/mol. The quantitative estimate of drug-likeness (QED) is 0.866. The van der Waals surface area contributed by atoms with Crippen LogP contribution >= 0.6 is 27.3 Å². The molecule has 0 radical (unpaired) electrons. The zero-order valence-electron chi connectivity index (χ0n) is 8.33. The number of alkyl halides is 1. The maximum Gasteiger partial charge on any atom is 0.239 e. The fraction of sp³-hybridized carbons (Fsp3) is 0.200. The van der Waals surface area contributed by atoms with Gasteiger partial charge in [-0.15, -0.1) is 0 Å². The largest absolute Gasteiger partial charge is 0.301 e. The van der Waals surface area contributed by atoms with Crippen LogP contribution in [-0.4, -0.2) is 15.7 Å². The van der Waals surface area contributed by atoms with E-state index in [0.717, 1.165) is 4.70 Å². The molecule has 1 aromatic carbocycles. The van der Waals surface area contributed by atoms with Crippen LogP contribution in [-0.2, 0) is 4.79 Å². The van der Waals surface area contributed by atoms with Crippen LogP contribution < -0.4 is 5.32 Å². The molecule has 0 aliphatic carbocycles. The fourth-order valence-corrected chi connectivity index (χ4v) is 2.16. The summed E-state index contributed by atoms with van der Waals surface area (Å²) in [7, 11) is 0. The maximum absolute atomic E-state index is 12.9. The molecule has 0 saturated heterocycles. The van der Waals surface area contributed by atoms with E-state index in [2.05, 4.69) is 26.2 Å². The normalized spacial score (nSPS) is 12.7. The minimum atomic E-state index is -0.303. The third-order valence-electron chi connectivity index (χ3n) is 1.94. The van der Waals surface area contributed by atoms with Crippen molar-refractivity contribution in [2.24, 2.45) is 0 Å². The van der Waals surface area contributed by atoms with Crippen molar-refractivity contribution in [2.75, 3.05) is 5.32 Å². The lowest BCUT2D eigenvalue weighted by atomic mass is 10.3. The fourth-order valence-electron chi connectivity index (χ4n) is 1.16. The molecule has 2 aromatic rings. The van der Waals surface area contributed by atoms with Gasteiger partial charge in [-0.2, -0.15) is 0 Å². The van der Waals surface area contributed by atoms with E-state index < -0.39 is 0 Å². The van der Waals surface area contributed by atoms with E-state index in [1.807, 2.05) is 0 Å². The number of carbonyl (C=O) groups excluding carboxylic acids is 1. The highest BCUT2D eigenvalue weighted by Crippen LogP contribution is 2.26. The van der Waals surface area contributed by atoms with Gasteiger partial charge in [0, 0.05) is 0 Å². The minimum Gasteiger partial charge on any atom is -0.301 e. The molecular formula is C10H8BrFN2OS. The van der Waals surface area contributed by atoms with Gasteiger partial charge in [-0.1, -0.05) is 27.3 Å². The number of benzene rings is 1. The highest BCUT2D eigenvalue weighted by atomic mass is 79.9. The van der Waals surface area contributed by atoms with Crippen molar-refractivity contribution in [3.8, 4) is 0 Å². The molecule has 0 saturated carbocycles. The first-order valence-electron chi connectivity index (χ1n) is 4.57. The van der Waals surface area contributed by atoms with Crippen LogP contribution in [0.25, 0.3) is 10.2 Å². The Morgan fingerprint density at radius 2 is 2.38 bits per heavy atom. The van der Waals surface area contributed by atoms with Crippen molar-refractivity contribution in [3.05, 3.63) is 24.0 Å². The summed E-state index contributed by atoms with van der Waals surface area (Å²) in [6.07, 6.45) is 0. The van der Waals surface area contributed by atoms with Gasteiger partial charge in [-0.25, -0.2) is 9.37 Å². The lowest BCUT2D eigenvalue weighted by Gasteiger charge is -2.01. The predicted molar refractivity (Wildman–Crippen MR) is 66.6 cm³/mol. The molecule has 1 heterocycles. The molecule has 0 fully saturated rings. The third kappa shape index (κ3) is 2.38. The Balaban J connectivity index is 2.29. The number of halogens is 2. The van der Waals surface area contributed by atoms with Crippen molar-refractivity contribution in [1.29, 1.82) is 0 Å². The average molecular weight is 303 g/mol. The van der Waals surface area contributed by atoms with Crippen molar-refractivity contribution >= 4 is 48.5 Å². The lowest BCUT2D eigenvalue weighted by molar-refractivity contribution is -0.115. The summed E-state index contributed by atoms with van der Waals surface area (Å²) in [6.45, 7) is 1.72. The molecule has 1 amide bonds. The average Bonchev–Trinajstić information content (AvgIpc) is 2.58. The van der Waals surface area contributed by atoms with E-state index in [0.29, 0.717) is 10.6 Å². The number of anilines is 1. The lowest BCUT2D eigenvalue weighted by Crippen LogP contribution is -2.19. The highest BCUT2D eigenvalue weighted by Gasteiger charge is 2.11. The molecule has 0 aliphatic rings. The van der Waals surface area contributed by atoms with Gasteiger partial charge < -0.3 is 5.32 Å². The number of nitrogens with one attached hydrogen (secondary N) is 1. The van der Waals surface area contributed by atoms with Crippen LogP contribution in [0, 0.1) is 5.82 Å². The van der Waals surface area contributed by atoms with Crippen LogP contribution in [0.4, 0.5) is 9.52 Å². The van der Waals surface area contributed by atoms with Crippen LogP contribution in [0.15, 0.2) is 18.2 Å². The standard InChI is InChI=1S/C10H8BrFN2OS/c1-5(11)9(15)14-10-13-7-3-2-6(12)4-8(7)16-10/h2-5H,1H3,(H,13,14,15). The molecule has 6 heteroatoms. The first-order chi connectivity index (χ1) is 7.56. The van der Waals surface area contributed by atoms with Crippen molar-refractivity contribution in [3.63, 3.8) is 0 Å². The Kier molecular flexibility index (Phi) is 3.20. The second-order valence-electron chi connectivity index (χ2n) is 3.24. The van der Waals surface area contributed by atoms with Crippen LogP contribution in [0.3, 0.4) is 0 Å². The number of aromatic nitrogens is 1. The van der Waals surface area contributed by atoms with Crippen LogP contribution in [0.1, 0.15) is 6.92 Å². The summed E-state index contributed by atoms with van der Waals surface area (Å²) < 4.78 is 13.6. The van der Waals surface area contributed by atoms with E-state index in [1.54, 1.807) is 13.0 Å². The molecule has 1 atom stereocenters. The van der Waals surface area contributed by atoms with E-state index >= 15 is 0 Å². The van der Waals surface area contributed by atoms with E-state index in [4.69, 9.17) is 0 Å². The summed E-state index contributed by atoms with van der Waals surface area (Å²) in [6, 6.07) is 4.34. The first kappa shape index (κ1) is 11.5. The van der Waals surface area contributed by atoms with E-state index in [1.165, 1.54) is 23.5 Å². The molecule has 0 aliphatic heterocycles. The molecule has 0 bridgehead atoms. The van der Waals surface area contributed by atoms with Gasteiger partial charge in [0.05, 0.1) is 15.0 Å². The Morgan fingerprint density at radius 1 is 1.62 bits per heavy atom. The molecule has 1 aromatic heterocycles. The van der Waals surface area contributed by atoms with E-state index in [-0.39, 0.29) is 16.6 Å². The van der Waals surface area contributed by atoms with Gasteiger partial charge in [-0.3, -0.25) is 4.79 Å². The number of carbonyl (C=O) groups is 1. The SMILES string of the molecule is CC(Br)C(=O)Nc1nc2ccc(F)cc2s1. The van der Waals surface area contributed by atoms with Crippen molar-refractivity contribution in [2.45, 2.75) is 11.8 Å². The van der Waals surface area contributed by atoms with Gasteiger partial charge in [0.25, 0.3) is 0 Å². The maximum atomic E-state index is 12.9. The third-order valence-corrected chi connectivity index (χ3v) is 3.29. The molecule has 1 N–H and O–H groups in total. The molecule has 3 nitrogen and oxygen atoms in total.